The van der Waals surface area contributed by atoms with Crippen LogP contribution in [0.15, 0.2) is 24.3 Å². The van der Waals surface area contributed by atoms with Crippen molar-refractivity contribution in [1.82, 2.24) is 10.6 Å². The first-order valence-corrected chi connectivity index (χ1v) is 6.13. The van der Waals surface area contributed by atoms with Crippen LogP contribution in [0.25, 0.3) is 0 Å². The molecule has 0 fully saturated rings. The Balaban J connectivity index is 2.40. The second kappa shape index (κ2) is 6.31. The molecule has 2 amide bonds. The molecule has 0 radical (unpaired) electrons. The van der Waals surface area contributed by atoms with Crippen molar-refractivity contribution in [2.24, 2.45) is 0 Å². The standard InChI is InChI=1S/C14H19FN2O2/c1-14(2,3)17-12(18)8-9-16-13(19)10-6-4-5-7-11(10)15/h4-7H,8-9H2,1-3H3,(H,16,19)(H,17,18). The molecule has 1 rings (SSSR count). The van der Waals surface area contributed by atoms with Gasteiger partial charge in [-0.1, -0.05) is 12.1 Å². The highest BCUT2D eigenvalue weighted by molar-refractivity contribution is 5.94. The maximum atomic E-state index is 13.3. The van der Waals surface area contributed by atoms with Gasteiger partial charge in [0.05, 0.1) is 5.56 Å². The Kier molecular flexibility index (Phi) is 5.03. The third-order valence-corrected chi connectivity index (χ3v) is 2.27. The van der Waals surface area contributed by atoms with Crippen molar-refractivity contribution in [2.45, 2.75) is 32.7 Å². The minimum Gasteiger partial charge on any atom is -0.351 e. The van der Waals surface area contributed by atoms with E-state index in [1.54, 1.807) is 6.07 Å². The molecule has 0 bridgehead atoms. The highest BCUT2D eigenvalue weighted by Gasteiger charge is 2.14. The van der Waals surface area contributed by atoms with Gasteiger partial charge in [0.25, 0.3) is 5.91 Å². The SMILES string of the molecule is CC(C)(C)NC(=O)CCNC(=O)c1ccccc1F. The fourth-order valence-corrected chi connectivity index (χ4v) is 1.51. The van der Waals surface area contributed by atoms with Crippen LogP contribution < -0.4 is 10.6 Å². The Morgan fingerprint density at radius 3 is 2.42 bits per heavy atom. The number of halogens is 1. The molecule has 0 saturated heterocycles. The van der Waals surface area contributed by atoms with Gasteiger partial charge in [0, 0.05) is 18.5 Å². The highest BCUT2D eigenvalue weighted by Crippen LogP contribution is 2.05. The van der Waals surface area contributed by atoms with Gasteiger partial charge in [0.1, 0.15) is 5.82 Å². The Morgan fingerprint density at radius 2 is 1.84 bits per heavy atom. The summed E-state index contributed by atoms with van der Waals surface area (Å²) in [7, 11) is 0. The Bertz CT molecular complexity index is 467. The minimum atomic E-state index is -0.570. The van der Waals surface area contributed by atoms with Gasteiger partial charge in [-0.25, -0.2) is 4.39 Å². The van der Waals surface area contributed by atoms with Gasteiger partial charge in [-0.3, -0.25) is 9.59 Å². The summed E-state index contributed by atoms with van der Waals surface area (Å²) in [5.74, 6) is -1.23. The van der Waals surface area contributed by atoms with E-state index in [9.17, 15) is 14.0 Å². The van der Waals surface area contributed by atoms with Gasteiger partial charge in [-0.05, 0) is 32.9 Å². The maximum Gasteiger partial charge on any atom is 0.254 e. The number of amides is 2. The lowest BCUT2D eigenvalue weighted by Crippen LogP contribution is -2.42. The first-order valence-electron chi connectivity index (χ1n) is 6.13. The quantitative estimate of drug-likeness (QED) is 0.874. The van der Waals surface area contributed by atoms with Crippen molar-refractivity contribution in [3.8, 4) is 0 Å². The number of carbonyl (C=O) groups is 2. The first-order chi connectivity index (χ1) is 8.79. The average molecular weight is 266 g/mol. The summed E-state index contributed by atoms with van der Waals surface area (Å²) in [6, 6.07) is 5.73. The molecule has 0 atom stereocenters. The third-order valence-electron chi connectivity index (χ3n) is 2.27. The fraction of sp³-hybridized carbons (Fsp3) is 0.429. The lowest BCUT2D eigenvalue weighted by molar-refractivity contribution is -0.122. The van der Waals surface area contributed by atoms with E-state index < -0.39 is 11.7 Å². The van der Waals surface area contributed by atoms with E-state index in [4.69, 9.17) is 0 Å². The third kappa shape index (κ3) is 5.50. The predicted molar refractivity (Wildman–Crippen MR) is 71.2 cm³/mol. The van der Waals surface area contributed by atoms with Gasteiger partial charge in [0.15, 0.2) is 0 Å². The largest absolute Gasteiger partial charge is 0.351 e. The molecule has 1 aromatic carbocycles. The van der Waals surface area contributed by atoms with E-state index in [2.05, 4.69) is 10.6 Å². The van der Waals surface area contributed by atoms with Crippen LogP contribution in [0.3, 0.4) is 0 Å². The van der Waals surface area contributed by atoms with Crippen molar-refractivity contribution in [3.63, 3.8) is 0 Å². The van der Waals surface area contributed by atoms with Crippen LogP contribution in [0.1, 0.15) is 37.6 Å². The molecule has 5 heteroatoms. The number of hydrogen-bond acceptors (Lipinski definition) is 2. The van der Waals surface area contributed by atoms with E-state index >= 15 is 0 Å². The number of hydrogen-bond donors (Lipinski definition) is 2. The van der Waals surface area contributed by atoms with E-state index in [0.717, 1.165) is 0 Å². The normalized spacial score (nSPS) is 10.9. The van der Waals surface area contributed by atoms with Crippen molar-refractivity contribution in [1.29, 1.82) is 0 Å². The number of nitrogens with one attached hydrogen (secondary N) is 2. The molecule has 0 unspecified atom stereocenters. The van der Waals surface area contributed by atoms with Crippen molar-refractivity contribution in [2.75, 3.05) is 6.54 Å². The molecule has 0 aliphatic carbocycles. The van der Waals surface area contributed by atoms with Gasteiger partial charge < -0.3 is 10.6 Å². The van der Waals surface area contributed by atoms with Crippen molar-refractivity contribution >= 4 is 11.8 Å². The van der Waals surface area contributed by atoms with Gasteiger partial charge in [0.2, 0.25) is 5.91 Å². The van der Waals surface area contributed by atoms with Crippen molar-refractivity contribution in [3.05, 3.63) is 35.6 Å². The topological polar surface area (TPSA) is 58.2 Å². The number of carbonyl (C=O) groups excluding carboxylic acids is 2. The summed E-state index contributed by atoms with van der Waals surface area (Å²) in [5.41, 5.74) is -0.314. The van der Waals surface area contributed by atoms with Crippen LogP contribution in [-0.4, -0.2) is 23.9 Å². The summed E-state index contributed by atoms with van der Waals surface area (Å²) in [6.45, 7) is 5.81. The average Bonchev–Trinajstić information content (AvgIpc) is 2.26. The van der Waals surface area contributed by atoms with Gasteiger partial charge in [-0.15, -0.1) is 0 Å². The van der Waals surface area contributed by atoms with E-state index in [0.29, 0.717) is 0 Å². The highest BCUT2D eigenvalue weighted by atomic mass is 19.1. The zero-order valence-corrected chi connectivity index (χ0v) is 11.4. The molecule has 19 heavy (non-hydrogen) atoms. The zero-order chi connectivity index (χ0) is 14.5. The second-order valence-electron chi connectivity index (χ2n) is 5.28. The molecular weight excluding hydrogens is 247 g/mol. The van der Waals surface area contributed by atoms with Crippen LogP contribution in [0, 0.1) is 5.82 Å². The van der Waals surface area contributed by atoms with Crippen LogP contribution in [0.2, 0.25) is 0 Å². The molecule has 0 aromatic heterocycles. The molecular formula is C14H19FN2O2. The molecule has 104 valence electrons. The molecule has 0 saturated carbocycles. The molecule has 1 aromatic rings. The lowest BCUT2D eigenvalue weighted by atomic mass is 10.1. The predicted octanol–water partition coefficient (Wildman–Crippen LogP) is 1.86. The molecule has 0 heterocycles. The van der Waals surface area contributed by atoms with Crippen molar-refractivity contribution < 1.29 is 14.0 Å². The number of rotatable bonds is 4. The summed E-state index contributed by atoms with van der Waals surface area (Å²) >= 11 is 0. The fourth-order valence-electron chi connectivity index (χ4n) is 1.51. The van der Waals surface area contributed by atoms with Crippen LogP contribution in [0.5, 0.6) is 0 Å². The smallest absolute Gasteiger partial charge is 0.254 e. The first kappa shape index (κ1) is 15.1. The monoisotopic (exact) mass is 266 g/mol. The number of benzene rings is 1. The van der Waals surface area contributed by atoms with E-state index in [-0.39, 0.29) is 30.0 Å². The molecule has 2 N–H and O–H groups in total. The molecule has 4 nitrogen and oxygen atoms in total. The Hall–Kier alpha value is -1.91. The molecule has 0 spiro atoms. The zero-order valence-electron chi connectivity index (χ0n) is 11.4. The van der Waals surface area contributed by atoms with Crippen LogP contribution >= 0.6 is 0 Å². The Labute approximate surface area is 112 Å². The van der Waals surface area contributed by atoms with E-state index in [1.165, 1.54) is 18.2 Å². The lowest BCUT2D eigenvalue weighted by Gasteiger charge is -2.20. The summed E-state index contributed by atoms with van der Waals surface area (Å²) in [4.78, 5) is 23.2. The second-order valence-corrected chi connectivity index (χ2v) is 5.28. The van der Waals surface area contributed by atoms with Crippen LogP contribution in [-0.2, 0) is 4.79 Å². The van der Waals surface area contributed by atoms with Crippen LogP contribution in [0.4, 0.5) is 4.39 Å². The maximum absolute atomic E-state index is 13.3. The summed E-state index contributed by atoms with van der Waals surface area (Å²) in [5, 5.41) is 5.30. The Morgan fingerprint density at radius 1 is 1.21 bits per heavy atom. The van der Waals surface area contributed by atoms with Gasteiger partial charge in [-0.2, -0.15) is 0 Å². The van der Waals surface area contributed by atoms with E-state index in [1.807, 2.05) is 20.8 Å². The summed E-state index contributed by atoms with van der Waals surface area (Å²) in [6.07, 6.45) is 0.164. The molecule has 0 aliphatic rings. The summed E-state index contributed by atoms with van der Waals surface area (Å²) < 4.78 is 13.3. The minimum absolute atomic E-state index is 0.0151. The van der Waals surface area contributed by atoms with Gasteiger partial charge >= 0.3 is 0 Å². The molecule has 0 aliphatic heterocycles.